The van der Waals surface area contributed by atoms with Gasteiger partial charge in [-0.05, 0) is 38.0 Å². The van der Waals surface area contributed by atoms with Crippen molar-refractivity contribution < 1.29 is 13.2 Å². The van der Waals surface area contributed by atoms with Gasteiger partial charge in [0.1, 0.15) is 4.90 Å². The van der Waals surface area contributed by atoms with Crippen molar-refractivity contribution in [3.8, 4) is 0 Å². The van der Waals surface area contributed by atoms with Crippen LogP contribution in [-0.2, 0) is 14.8 Å². The summed E-state index contributed by atoms with van der Waals surface area (Å²) in [5, 5.41) is 4.82. The first kappa shape index (κ1) is 20.6. The monoisotopic (exact) mass is 445 g/mol. The van der Waals surface area contributed by atoms with Gasteiger partial charge >= 0.3 is 0 Å². The molecule has 1 aliphatic heterocycles. The summed E-state index contributed by atoms with van der Waals surface area (Å²) in [4.78, 5) is 16.5. The Morgan fingerprint density at radius 3 is 2.74 bits per heavy atom. The molecule has 1 amide bonds. The molecular weight excluding hydrogens is 426 g/mol. The molecule has 0 atom stereocenters. The lowest BCUT2D eigenvalue weighted by Crippen LogP contribution is -2.35. The number of hydrogen-bond acceptors (Lipinski definition) is 6. The Hall–Kier alpha value is -1.13. The van der Waals surface area contributed by atoms with Crippen molar-refractivity contribution in [2.45, 2.75) is 35.4 Å². The normalized spacial score (nSPS) is 15.6. The van der Waals surface area contributed by atoms with E-state index >= 15 is 0 Å². The third-order valence-corrected chi connectivity index (χ3v) is 8.59. The maximum atomic E-state index is 12.9. The summed E-state index contributed by atoms with van der Waals surface area (Å²) < 4.78 is 28.0. The van der Waals surface area contributed by atoms with Crippen LogP contribution in [0.5, 0.6) is 0 Å². The number of hydrogen-bond donors (Lipinski definition) is 1. The average molecular weight is 446 g/mol. The number of carbonyl (C=O) groups is 1. The predicted molar refractivity (Wildman–Crippen MR) is 110 cm³/mol. The third-order valence-electron chi connectivity index (χ3n) is 4.07. The van der Waals surface area contributed by atoms with E-state index in [-0.39, 0.29) is 21.6 Å². The van der Waals surface area contributed by atoms with Crippen molar-refractivity contribution in [2.24, 2.45) is 0 Å². The SMILES string of the molecule is Cc1csc(SCC(=O)Nc2ccc(Cl)c(S(=O)(=O)N3CCCCC3)c2)n1. The zero-order valence-electron chi connectivity index (χ0n) is 14.8. The lowest BCUT2D eigenvalue weighted by Gasteiger charge is -2.26. The molecule has 1 N–H and O–H groups in total. The Morgan fingerprint density at radius 2 is 2.07 bits per heavy atom. The standard InChI is InChI=1S/C17H20ClN3O3S3/c1-12-10-25-17(19-12)26-11-16(22)20-13-5-6-14(18)15(9-13)27(23,24)21-7-3-2-4-8-21/h5-6,9-10H,2-4,7-8,11H2,1H3,(H,20,22). The summed E-state index contributed by atoms with van der Waals surface area (Å²) in [5.74, 6) is -0.0273. The van der Waals surface area contributed by atoms with Crippen LogP contribution in [0.2, 0.25) is 5.02 Å². The van der Waals surface area contributed by atoms with Gasteiger partial charge < -0.3 is 5.32 Å². The van der Waals surface area contributed by atoms with Gasteiger partial charge in [0.05, 0.1) is 10.8 Å². The zero-order valence-corrected chi connectivity index (χ0v) is 18.0. The summed E-state index contributed by atoms with van der Waals surface area (Å²) in [6.07, 6.45) is 2.73. The molecule has 0 radical (unpaired) electrons. The van der Waals surface area contributed by atoms with E-state index in [1.165, 1.54) is 39.5 Å². The number of benzene rings is 1. The number of halogens is 1. The molecule has 2 heterocycles. The molecule has 1 aliphatic rings. The number of nitrogens with one attached hydrogen (secondary N) is 1. The molecule has 2 aromatic rings. The highest BCUT2D eigenvalue weighted by molar-refractivity contribution is 8.01. The second-order valence-electron chi connectivity index (χ2n) is 6.20. The van der Waals surface area contributed by atoms with Gasteiger partial charge in [-0.2, -0.15) is 4.31 Å². The summed E-state index contributed by atoms with van der Waals surface area (Å²) in [5.41, 5.74) is 1.34. The molecule has 1 saturated heterocycles. The van der Waals surface area contributed by atoms with E-state index in [4.69, 9.17) is 11.6 Å². The average Bonchev–Trinajstić information content (AvgIpc) is 3.07. The summed E-state index contributed by atoms with van der Waals surface area (Å²) >= 11 is 8.99. The quantitative estimate of drug-likeness (QED) is 0.679. The Morgan fingerprint density at radius 1 is 1.33 bits per heavy atom. The number of thiazole rings is 1. The Bertz CT molecular complexity index is 925. The minimum absolute atomic E-state index is 0.0343. The molecule has 6 nitrogen and oxygen atoms in total. The number of anilines is 1. The van der Waals surface area contributed by atoms with Gasteiger partial charge in [0.15, 0.2) is 4.34 Å². The number of piperidine rings is 1. The highest BCUT2D eigenvalue weighted by Gasteiger charge is 2.28. The molecule has 1 aromatic carbocycles. The molecule has 10 heteroatoms. The minimum atomic E-state index is -3.67. The van der Waals surface area contributed by atoms with Gasteiger partial charge in [-0.1, -0.05) is 29.8 Å². The largest absolute Gasteiger partial charge is 0.325 e. The van der Waals surface area contributed by atoms with Crippen LogP contribution in [0.1, 0.15) is 25.0 Å². The van der Waals surface area contributed by atoms with E-state index in [1.807, 2.05) is 12.3 Å². The molecule has 27 heavy (non-hydrogen) atoms. The molecule has 0 unspecified atom stereocenters. The number of aryl methyl sites for hydroxylation is 1. The van der Waals surface area contributed by atoms with Gasteiger partial charge in [-0.3, -0.25) is 4.79 Å². The van der Waals surface area contributed by atoms with Crippen LogP contribution in [0, 0.1) is 6.92 Å². The molecular formula is C17H20ClN3O3S3. The third kappa shape index (κ3) is 5.23. The lowest BCUT2D eigenvalue weighted by molar-refractivity contribution is -0.113. The highest BCUT2D eigenvalue weighted by atomic mass is 35.5. The fourth-order valence-corrected chi connectivity index (χ4v) is 6.41. The molecule has 0 aliphatic carbocycles. The predicted octanol–water partition coefficient (Wildman–Crippen LogP) is 4.01. The van der Waals surface area contributed by atoms with Crippen molar-refractivity contribution in [1.29, 1.82) is 0 Å². The molecule has 1 fully saturated rings. The van der Waals surface area contributed by atoms with Crippen molar-refractivity contribution in [3.63, 3.8) is 0 Å². The van der Waals surface area contributed by atoms with Crippen molar-refractivity contribution >= 4 is 56.3 Å². The van der Waals surface area contributed by atoms with E-state index in [0.717, 1.165) is 29.3 Å². The smallest absolute Gasteiger partial charge is 0.244 e. The van der Waals surface area contributed by atoms with E-state index in [2.05, 4.69) is 10.3 Å². The van der Waals surface area contributed by atoms with Crippen LogP contribution >= 0.6 is 34.7 Å². The van der Waals surface area contributed by atoms with Crippen LogP contribution in [0.25, 0.3) is 0 Å². The molecule has 0 spiro atoms. The Balaban J connectivity index is 1.69. The topological polar surface area (TPSA) is 79.4 Å². The van der Waals surface area contributed by atoms with Gasteiger partial charge in [-0.25, -0.2) is 13.4 Å². The number of amides is 1. The van der Waals surface area contributed by atoms with Crippen LogP contribution < -0.4 is 5.32 Å². The number of nitrogens with zero attached hydrogens (tertiary/aromatic N) is 2. The lowest BCUT2D eigenvalue weighted by atomic mass is 10.2. The van der Waals surface area contributed by atoms with Crippen LogP contribution in [0.3, 0.4) is 0 Å². The zero-order chi connectivity index (χ0) is 19.4. The first-order valence-corrected chi connectivity index (χ1v) is 12.2. The Labute approximate surface area is 172 Å². The number of rotatable bonds is 6. The van der Waals surface area contributed by atoms with Crippen LogP contribution in [-0.4, -0.2) is 42.5 Å². The van der Waals surface area contributed by atoms with Gasteiger partial charge in [0, 0.05) is 29.9 Å². The fourth-order valence-electron chi connectivity index (χ4n) is 2.75. The molecule has 3 rings (SSSR count). The van der Waals surface area contributed by atoms with Crippen LogP contribution in [0.4, 0.5) is 5.69 Å². The maximum Gasteiger partial charge on any atom is 0.244 e. The summed E-state index contributed by atoms with van der Waals surface area (Å²) in [6, 6.07) is 4.54. The van der Waals surface area contributed by atoms with Crippen molar-refractivity contribution in [1.82, 2.24) is 9.29 Å². The first-order valence-electron chi connectivity index (χ1n) is 8.51. The maximum absolute atomic E-state index is 12.9. The van der Waals surface area contributed by atoms with E-state index in [9.17, 15) is 13.2 Å². The Kier molecular flexibility index (Phi) is 6.80. The fraction of sp³-hybridized carbons (Fsp3) is 0.412. The van der Waals surface area contributed by atoms with Crippen molar-refractivity contribution in [2.75, 3.05) is 24.2 Å². The number of sulfonamides is 1. The number of thioether (sulfide) groups is 1. The summed E-state index contributed by atoms with van der Waals surface area (Å²) in [7, 11) is -3.67. The second-order valence-corrected chi connectivity index (χ2v) is 10.6. The second kappa shape index (κ2) is 8.91. The number of carbonyl (C=O) groups excluding carboxylic acids is 1. The first-order chi connectivity index (χ1) is 12.9. The van der Waals surface area contributed by atoms with Gasteiger partial charge in [-0.15, -0.1) is 11.3 Å². The molecule has 146 valence electrons. The molecule has 0 bridgehead atoms. The van der Waals surface area contributed by atoms with Gasteiger partial charge in [0.25, 0.3) is 0 Å². The van der Waals surface area contributed by atoms with E-state index in [0.29, 0.717) is 18.8 Å². The van der Waals surface area contributed by atoms with Crippen LogP contribution in [0.15, 0.2) is 32.8 Å². The number of aromatic nitrogens is 1. The summed E-state index contributed by atoms with van der Waals surface area (Å²) in [6.45, 7) is 2.90. The van der Waals surface area contributed by atoms with Gasteiger partial charge in [0.2, 0.25) is 15.9 Å². The molecule has 0 saturated carbocycles. The van der Waals surface area contributed by atoms with E-state index < -0.39 is 10.0 Å². The highest BCUT2D eigenvalue weighted by Crippen LogP contribution is 2.29. The molecule has 1 aromatic heterocycles. The van der Waals surface area contributed by atoms with E-state index in [1.54, 1.807) is 6.07 Å². The van der Waals surface area contributed by atoms with Crippen molar-refractivity contribution in [3.05, 3.63) is 34.3 Å². The minimum Gasteiger partial charge on any atom is -0.325 e.